The lowest BCUT2D eigenvalue weighted by atomic mass is 10.2. The Balaban J connectivity index is 1.65. The van der Waals surface area contributed by atoms with Crippen molar-refractivity contribution in [1.82, 2.24) is 15.3 Å². The Hall–Kier alpha value is -2.43. The van der Waals surface area contributed by atoms with E-state index >= 15 is 0 Å². The molecule has 0 radical (unpaired) electrons. The summed E-state index contributed by atoms with van der Waals surface area (Å²) < 4.78 is 0. The summed E-state index contributed by atoms with van der Waals surface area (Å²) in [5, 5.41) is 2.88. The van der Waals surface area contributed by atoms with E-state index in [0.29, 0.717) is 12.2 Å². The number of amides is 1. The minimum atomic E-state index is -0.160. The monoisotopic (exact) mass is 310 g/mol. The molecular weight excluding hydrogens is 288 g/mol. The first kappa shape index (κ1) is 15.5. The predicted molar refractivity (Wildman–Crippen MR) is 90.3 cm³/mol. The van der Waals surface area contributed by atoms with Gasteiger partial charge in [-0.3, -0.25) is 9.78 Å². The van der Waals surface area contributed by atoms with Crippen molar-refractivity contribution in [2.75, 3.05) is 18.0 Å². The fourth-order valence-corrected chi connectivity index (χ4v) is 2.79. The molecule has 3 rings (SSSR count). The molecule has 1 aliphatic rings. The van der Waals surface area contributed by atoms with Crippen LogP contribution in [-0.2, 0) is 6.54 Å². The fourth-order valence-electron chi connectivity index (χ4n) is 2.79. The van der Waals surface area contributed by atoms with Crippen molar-refractivity contribution in [3.8, 4) is 0 Å². The van der Waals surface area contributed by atoms with Crippen LogP contribution < -0.4 is 10.2 Å². The third kappa shape index (κ3) is 4.28. The van der Waals surface area contributed by atoms with E-state index in [4.69, 9.17) is 0 Å². The van der Waals surface area contributed by atoms with Crippen molar-refractivity contribution in [2.45, 2.75) is 32.2 Å². The number of anilines is 1. The Bertz CT molecular complexity index is 636. The SMILES string of the molecule is O=C(NCc1ccccn1)c1cccc(N2CCCCCC2)n1. The average molecular weight is 310 g/mol. The van der Waals surface area contributed by atoms with Crippen LogP contribution in [0.4, 0.5) is 5.82 Å². The van der Waals surface area contributed by atoms with Gasteiger partial charge in [-0.25, -0.2) is 4.98 Å². The van der Waals surface area contributed by atoms with Gasteiger partial charge in [0.05, 0.1) is 12.2 Å². The van der Waals surface area contributed by atoms with Crippen LogP contribution in [0.3, 0.4) is 0 Å². The molecule has 0 aliphatic carbocycles. The van der Waals surface area contributed by atoms with Gasteiger partial charge < -0.3 is 10.2 Å². The van der Waals surface area contributed by atoms with E-state index in [9.17, 15) is 4.79 Å². The summed E-state index contributed by atoms with van der Waals surface area (Å²) in [6, 6.07) is 11.3. The number of carbonyl (C=O) groups excluding carboxylic acids is 1. The summed E-state index contributed by atoms with van der Waals surface area (Å²) in [6.07, 6.45) is 6.66. The standard InChI is InChI=1S/C18H22N4O/c23-18(20-14-15-8-3-4-11-19-15)16-9-7-10-17(21-16)22-12-5-1-2-6-13-22/h3-4,7-11H,1-2,5-6,12-14H2,(H,20,23). The molecule has 0 bridgehead atoms. The van der Waals surface area contributed by atoms with Gasteiger partial charge in [-0.05, 0) is 37.1 Å². The number of rotatable bonds is 4. The van der Waals surface area contributed by atoms with Gasteiger partial charge >= 0.3 is 0 Å². The third-order valence-electron chi connectivity index (χ3n) is 4.05. The lowest BCUT2D eigenvalue weighted by molar-refractivity contribution is 0.0945. The molecule has 5 nitrogen and oxygen atoms in total. The van der Waals surface area contributed by atoms with Gasteiger partial charge in [0.15, 0.2) is 0 Å². The zero-order valence-electron chi connectivity index (χ0n) is 13.2. The van der Waals surface area contributed by atoms with Gasteiger partial charge in [-0.15, -0.1) is 0 Å². The largest absolute Gasteiger partial charge is 0.357 e. The molecule has 2 aromatic heterocycles. The molecular formula is C18H22N4O. The first-order chi connectivity index (χ1) is 11.3. The second-order valence-corrected chi connectivity index (χ2v) is 5.79. The molecule has 3 heterocycles. The molecule has 2 aromatic rings. The Labute approximate surface area is 136 Å². The maximum absolute atomic E-state index is 12.3. The second-order valence-electron chi connectivity index (χ2n) is 5.79. The first-order valence-electron chi connectivity index (χ1n) is 8.23. The van der Waals surface area contributed by atoms with Crippen LogP contribution in [0.1, 0.15) is 41.9 Å². The van der Waals surface area contributed by atoms with Crippen molar-refractivity contribution < 1.29 is 4.79 Å². The van der Waals surface area contributed by atoms with E-state index in [2.05, 4.69) is 20.2 Å². The summed E-state index contributed by atoms with van der Waals surface area (Å²) in [6.45, 7) is 2.45. The molecule has 1 N–H and O–H groups in total. The van der Waals surface area contributed by atoms with Gasteiger partial charge in [0.1, 0.15) is 11.5 Å². The zero-order valence-corrected chi connectivity index (χ0v) is 13.2. The Morgan fingerprint density at radius 1 is 1.04 bits per heavy atom. The summed E-state index contributed by atoms with van der Waals surface area (Å²) >= 11 is 0. The zero-order chi connectivity index (χ0) is 15.9. The van der Waals surface area contributed by atoms with Crippen molar-refractivity contribution in [3.05, 3.63) is 54.0 Å². The molecule has 0 saturated carbocycles. The van der Waals surface area contributed by atoms with E-state index in [1.165, 1.54) is 25.7 Å². The minimum absolute atomic E-state index is 0.160. The maximum atomic E-state index is 12.3. The Morgan fingerprint density at radius 2 is 1.87 bits per heavy atom. The van der Waals surface area contributed by atoms with Crippen molar-refractivity contribution >= 4 is 11.7 Å². The highest BCUT2D eigenvalue weighted by atomic mass is 16.1. The number of aromatic nitrogens is 2. The van der Waals surface area contributed by atoms with Gasteiger partial charge in [0.25, 0.3) is 5.91 Å². The maximum Gasteiger partial charge on any atom is 0.270 e. The van der Waals surface area contributed by atoms with E-state index in [-0.39, 0.29) is 5.91 Å². The van der Waals surface area contributed by atoms with Crippen LogP contribution >= 0.6 is 0 Å². The third-order valence-corrected chi connectivity index (χ3v) is 4.05. The normalized spacial score (nSPS) is 15.0. The number of carbonyl (C=O) groups is 1. The van der Waals surface area contributed by atoms with Crippen LogP contribution in [0.15, 0.2) is 42.6 Å². The lowest BCUT2D eigenvalue weighted by Gasteiger charge is -2.21. The number of nitrogens with zero attached hydrogens (tertiary/aromatic N) is 3. The van der Waals surface area contributed by atoms with Gasteiger partial charge in [-0.2, -0.15) is 0 Å². The molecule has 1 aliphatic heterocycles. The van der Waals surface area contributed by atoms with E-state index in [0.717, 1.165) is 24.6 Å². The molecule has 0 spiro atoms. The van der Waals surface area contributed by atoms with Crippen molar-refractivity contribution in [1.29, 1.82) is 0 Å². The molecule has 5 heteroatoms. The van der Waals surface area contributed by atoms with Crippen LogP contribution in [0.2, 0.25) is 0 Å². The van der Waals surface area contributed by atoms with Crippen molar-refractivity contribution in [3.63, 3.8) is 0 Å². The molecule has 1 amide bonds. The fraction of sp³-hybridized carbons (Fsp3) is 0.389. The summed E-state index contributed by atoms with van der Waals surface area (Å²) in [4.78, 5) is 23.3. The molecule has 1 saturated heterocycles. The summed E-state index contributed by atoms with van der Waals surface area (Å²) in [5.74, 6) is 0.740. The molecule has 0 aromatic carbocycles. The van der Waals surface area contributed by atoms with Crippen LogP contribution in [0.25, 0.3) is 0 Å². The minimum Gasteiger partial charge on any atom is -0.357 e. The number of nitrogens with one attached hydrogen (secondary N) is 1. The summed E-state index contributed by atoms with van der Waals surface area (Å²) in [5.41, 5.74) is 1.30. The number of pyridine rings is 2. The smallest absolute Gasteiger partial charge is 0.270 e. The highest BCUT2D eigenvalue weighted by molar-refractivity contribution is 5.92. The first-order valence-corrected chi connectivity index (χ1v) is 8.23. The van der Waals surface area contributed by atoms with E-state index in [1.807, 2.05) is 30.3 Å². The number of hydrogen-bond acceptors (Lipinski definition) is 4. The highest BCUT2D eigenvalue weighted by Crippen LogP contribution is 2.17. The topological polar surface area (TPSA) is 58.1 Å². The van der Waals surface area contributed by atoms with Gasteiger partial charge in [0.2, 0.25) is 0 Å². The van der Waals surface area contributed by atoms with Crippen LogP contribution in [0, 0.1) is 0 Å². The molecule has 0 unspecified atom stereocenters. The Morgan fingerprint density at radius 3 is 2.61 bits per heavy atom. The second kappa shape index (κ2) is 7.72. The predicted octanol–water partition coefficient (Wildman–Crippen LogP) is 2.79. The lowest BCUT2D eigenvalue weighted by Crippen LogP contribution is -2.27. The van der Waals surface area contributed by atoms with Crippen LogP contribution in [-0.4, -0.2) is 29.0 Å². The summed E-state index contributed by atoms with van der Waals surface area (Å²) in [7, 11) is 0. The molecule has 23 heavy (non-hydrogen) atoms. The highest BCUT2D eigenvalue weighted by Gasteiger charge is 2.13. The molecule has 120 valence electrons. The van der Waals surface area contributed by atoms with Crippen molar-refractivity contribution in [2.24, 2.45) is 0 Å². The Kier molecular flexibility index (Phi) is 5.19. The molecule has 1 fully saturated rings. The number of hydrogen-bond donors (Lipinski definition) is 1. The van der Waals surface area contributed by atoms with Crippen LogP contribution in [0.5, 0.6) is 0 Å². The molecule has 0 atom stereocenters. The van der Waals surface area contributed by atoms with Gasteiger partial charge in [-0.1, -0.05) is 25.0 Å². The van der Waals surface area contributed by atoms with E-state index < -0.39 is 0 Å². The van der Waals surface area contributed by atoms with Gasteiger partial charge in [0, 0.05) is 19.3 Å². The quantitative estimate of drug-likeness (QED) is 0.943. The average Bonchev–Trinajstić information content (AvgIpc) is 2.90. The van der Waals surface area contributed by atoms with E-state index in [1.54, 1.807) is 12.3 Å².